The van der Waals surface area contributed by atoms with E-state index in [1.165, 1.54) is 28.1 Å². The lowest BCUT2D eigenvalue weighted by Gasteiger charge is -2.37. The molecule has 2 rings (SSSR count). The fraction of sp³-hybridized carbons (Fsp3) is 0.556. The SMILES string of the molecule is COc1cc(OC)c([C@@H]2CCN(C)C[C@@H]2OC(C)=O)c(O)c1C(C)=O. The van der Waals surface area contributed by atoms with Gasteiger partial charge in [0.15, 0.2) is 5.78 Å². The number of ketones is 1. The molecule has 0 saturated carbocycles. The Balaban J connectivity index is 2.60. The predicted octanol–water partition coefficient (Wildman–Crippen LogP) is 1.96. The summed E-state index contributed by atoms with van der Waals surface area (Å²) in [4.78, 5) is 25.6. The number of carbonyl (C=O) groups excluding carboxylic acids is 2. The molecule has 1 aliphatic rings. The summed E-state index contributed by atoms with van der Waals surface area (Å²) in [5, 5.41) is 10.8. The van der Waals surface area contributed by atoms with Crippen LogP contribution in [0, 0.1) is 0 Å². The third-order valence-corrected chi connectivity index (χ3v) is 4.51. The molecule has 25 heavy (non-hydrogen) atoms. The topological polar surface area (TPSA) is 85.3 Å². The molecule has 7 heteroatoms. The second-order valence-corrected chi connectivity index (χ2v) is 6.28. The number of nitrogens with zero attached hydrogens (tertiary/aromatic N) is 1. The Hall–Kier alpha value is -2.28. The molecule has 1 fully saturated rings. The zero-order valence-corrected chi connectivity index (χ0v) is 15.3. The molecule has 1 heterocycles. The number of hydrogen-bond donors (Lipinski definition) is 1. The number of benzene rings is 1. The summed E-state index contributed by atoms with van der Waals surface area (Å²) in [5.74, 6) is -0.484. The van der Waals surface area contributed by atoms with E-state index in [0.717, 1.165) is 6.54 Å². The molecule has 0 aromatic heterocycles. The van der Waals surface area contributed by atoms with E-state index in [-0.39, 0.29) is 34.7 Å². The van der Waals surface area contributed by atoms with E-state index >= 15 is 0 Å². The first kappa shape index (κ1) is 19.1. The van der Waals surface area contributed by atoms with Crippen LogP contribution in [0.5, 0.6) is 17.2 Å². The van der Waals surface area contributed by atoms with E-state index in [0.29, 0.717) is 24.3 Å². The van der Waals surface area contributed by atoms with Crippen LogP contribution in [0.15, 0.2) is 6.07 Å². The Bertz CT molecular complexity index is 672. The van der Waals surface area contributed by atoms with Crippen molar-refractivity contribution in [1.82, 2.24) is 4.90 Å². The molecule has 0 aliphatic carbocycles. The third-order valence-electron chi connectivity index (χ3n) is 4.51. The van der Waals surface area contributed by atoms with E-state index in [4.69, 9.17) is 14.2 Å². The number of phenolic OH excluding ortho intramolecular Hbond substituents is 1. The molecule has 1 N–H and O–H groups in total. The number of likely N-dealkylation sites (tertiary alicyclic amines) is 1. The lowest BCUT2D eigenvalue weighted by molar-refractivity contribution is -0.149. The second kappa shape index (κ2) is 7.74. The molecule has 1 aromatic carbocycles. The number of phenols is 1. The number of ether oxygens (including phenoxy) is 3. The molecular weight excluding hydrogens is 326 g/mol. The van der Waals surface area contributed by atoms with Gasteiger partial charge in [-0.2, -0.15) is 0 Å². The predicted molar refractivity (Wildman–Crippen MR) is 91.6 cm³/mol. The van der Waals surface area contributed by atoms with Crippen LogP contribution >= 0.6 is 0 Å². The van der Waals surface area contributed by atoms with Crippen LogP contribution in [0.25, 0.3) is 0 Å². The van der Waals surface area contributed by atoms with E-state index in [1.54, 1.807) is 6.07 Å². The maximum absolute atomic E-state index is 12.0. The molecule has 1 aromatic rings. The fourth-order valence-corrected chi connectivity index (χ4v) is 3.40. The van der Waals surface area contributed by atoms with Gasteiger partial charge in [-0.05, 0) is 26.9 Å². The van der Waals surface area contributed by atoms with Gasteiger partial charge in [0.25, 0.3) is 0 Å². The van der Waals surface area contributed by atoms with Crippen LogP contribution < -0.4 is 9.47 Å². The van der Waals surface area contributed by atoms with Gasteiger partial charge in [-0.3, -0.25) is 9.59 Å². The van der Waals surface area contributed by atoms with Crippen LogP contribution in [0.1, 0.15) is 42.1 Å². The number of aromatic hydroxyl groups is 1. The third kappa shape index (κ3) is 3.87. The van der Waals surface area contributed by atoms with Crippen molar-refractivity contribution in [2.75, 3.05) is 34.4 Å². The van der Waals surface area contributed by atoms with E-state index in [1.807, 2.05) is 7.05 Å². The van der Waals surface area contributed by atoms with Crippen molar-refractivity contribution in [3.8, 4) is 17.2 Å². The minimum absolute atomic E-state index is 0.110. The van der Waals surface area contributed by atoms with Gasteiger partial charge in [0.2, 0.25) is 0 Å². The Morgan fingerprint density at radius 2 is 1.84 bits per heavy atom. The van der Waals surface area contributed by atoms with Gasteiger partial charge < -0.3 is 24.2 Å². The molecular formula is C18H25NO6. The van der Waals surface area contributed by atoms with Crippen molar-refractivity contribution in [3.05, 3.63) is 17.2 Å². The number of likely N-dealkylation sites (N-methyl/N-ethyl adjacent to an activating group) is 1. The van der Waals surface area contributed by atoms with Crippen molar-refractivity contribution in [3.63, 3.8) is 0 Å². The maximum Gasteiger partial charge on any atom is 0.302 e. The summed E-state index contributed by atoms with van der Waals surface area (Å²) in [5.41, 5.74) is 0.589. The van der Waals surface area contributed by atoms with Crippen LogP contribution in [-0.2, 0) is 9.53 Å². The molecule has 1 aliphatic heterocycles. The van der Waals surface area contributed by atoms with Crippen LogP contribution in [-0.4, -0.2) is 62.2 Å². The molecule has 0 radical (unpaired) electrons. The summed E-state index contributed by atoms with van der Waals surface area (Å²) in [6, 6.07) is 1.59. The highest BCUT2D eigenvalue weighted by Gasteiger charge is 2.37. The van der Waals surface area contributed by atoms with Crippen LogP contribution in [0.4, 0.5) is 0 Å². The van der Waals surface area contributed by atoms with Crippen LogP contribution in [0.3, 0.4) is 0 Å². The number of esters is 1. The van der Waals surface area contributed by atoms with Gasteiger partial charge in [-0.25, -0.2) is 0 Å². The average Bonchev–Trinajstić information content (AvgIpc) is 2.53. The first-order valence-corrected chi connectivity index (χ1v) is 8.14. The molecule has 7 nitrogen and oxygen atoms in total. The first-order valence-electron chi connectivity index (χ1n) is 8.14. The molecule has 1 saturated heterocycles. The first-order chi connectivity index (χ1) is 11.8. The highest BCUT2D eigenvalue weighted by atomic mass is 16.5. The fourth-order valence-electron chi connectivity index (χ4n) is 3.40. The monoisotopic (exact) mass is 351 g/mol. The maximum atomic E-state index is 12.0. The Labute approximate surface area is 147 Å². The number of Topliss-reactive ketones (excluding diaryl/α,β-unsaturated/α-hetero) is 1. The molecule has 0 bridgehead atoms. The number of carbonyl (C=O) groups is 2. The van der Waals surface area contributed by atoms with E-state index in [9.17, 15) is 14.7 Å². The zero-order chi connectivity index (χ0) is 18.7. The Kier molecular flexibility index (Phi) is 5.89. The van der Waals surface area contributed by atoms with Crippen molar-refractivity contribution < 1.29 is 28.9 Å². The summed E-state index contributed by atoms with van der Waals surface area (Å²) in [6.45, 7) is 4.03. The standard InChI is InChI=1S/C18H25NO6/c1-10(20)16-13(23-4)8-14(24-5)17(18(16)22)12-6-7-19(3)9-15(12)25-11(2)21/h8,12,15,22H,6-7,9H2,1-5H3/t12-,15+/m1/s1. The van der Waals surface area contributed by atoms with Gasteiger partial charge in [0, 0.05) is 31.0 Å². The summed E-state index contributed by atoms with van der Waals surface area (Å²) in [7, 11) is 4.86. The smallest absolute Gasteiger partial charge is 0.302 e. The summed E-state index contributed by atoms with van der Waals surface area (Å²) >= 11 is 0. The van der Waals surface area contributed by atoms with Crippen molar-refractivity contribution in [2.45, 2.75) is 32.3 Å². The minimum atomic E-state index is -0.441. The Morgan fingerprint density at radius 1 is 1.20 bits per heavy atom. The van der Waals surface area contributed by atoms with Gasteiger partial charge >= 0.3 is 5.97 Å². The number of piperidine rings is 1. The largest absolute Gasteiger partial charge is 0.507 e. The summed E-state index contributed by atoms with van der Waals surface area (Å²) < 4.78 is 16.1. The molecule has 138 valence electrons. The van der Waals surface area contributed by atoms with Gasteiger partial charge in [0.1, 0.15) is 28.9 Å². The lowest BCUT2D eigenvalue weighted by atomic mass is 9.84. The zero-order valence-electron chi connectivity index (χ0n) is 15.3. The number of rotatable bonds is 5. The molecule has 0 unspecified atom stereocenters. The van der Waals surface area contributed by atoms with E-state index < -0.39 is 6.10 Å². The highest BCUT2D eigenvalue weighted by molar-refractivity contribution is 6.00. The molecule has 0 amide bonds. The number of methoxy groups -OCH3 is 2. The Morgan fingerprint density at radius 3 is 2.36 bits per heavy atom. The molecule has 0 spiro atoms. The van der Waals surface area contributed by atoms with Crippen LogP contribution in [0.2, 0.25) is 0 Å². The van der Waals surface area contributed by atoms with Gasteiger partial charge in [-0.15, -0.1) is 0 Å². The quantitative estimate of drug-likeness (QED) is 0.641. The van der Waals surface area contributed by atoms with Crippen molar-refractivity contribution in [1.29, 1.82) is 0 Å². The average molecular weight is 351 g/mol. The van der Waals surface area contributed by atoms with E-state index in [2.05, 4.69) is 4.90 Å². The van der Waals surface area contributed by atoms with Crippen molar-refractivity contribution >= 4 is 11.8 Å². The minimum Gasteiger partial charge on any atom is -0.507 e. The molecule has 2 atom stereocenters. The normalized spacial score (nSPS) is 20.8. The van der Waals surface area contributed by atoms with Gasteiger partial charge in [-0.1, -0.05) is 0 Å². The highest BCUT2D eigenvalue weighted by Crippen LogP contribution is 2.46. The van der Waals surface area contributed by atoms with Gasteiger partial charge in [0.05, 0.1) is 14.2 Å². The van der Waals surface area contributed by atoms with Crippen molar-refractivity contribution in [2.24, 2.45) is 0 Å². The summed E-state index contributed by atoms with van der Waals surface area (Å²) in [6.07, 6.45) is 0.214. The number of hydrogen-bond acceptors (Lipinski definition) is 7. The second-order valence-electron chi connectivity index (χ2n) is 6.28. The lowest BCUT2D eigenvalue weighted by Crippen LogP contribution is -2.43.